The van der Waals surface area contributed by atoms with Gasteiger partial charge in [0, 0.05) is 24.5 Å². The first-order chi connectivity index (χ1) is 14.6. The van der Waals surface area contributed by atoms with Crippen LogP contribution in [0.4, 0.5) is 10.1 Å². The average Bonchev–Trinajstić information content (AvgIpc) is 2.75. The van der Waals surface area contributed by atoms with Gasteiger partial charge in [-0.15, -0.1) is 0 Å². The lowest BCUT2D eigenvalue weighted by molar-refractivity contribution is -0.121. The van der Waals surface area contributed by atoms with Gasteiger partial charge in [-0.1, -0.05) is 30.3 Å². The van der Waals surface area contributed by atoms with Gasteiger partial charge in [0.15, 0.2) is 0 Å². The van der Waals surface area contributed by atoms with Crippen LogP contribution >= 0.6 is 0 Å². The molecule has 3 aromatic rings. The van der Waals surface area contributed by atoms with Crippen molar-refractivity contribution >= 4 is 11.6 Å². The van der Waals surface area contributed by atoms with Crippen molar-refractivity contribution in [3.05, 3.63) is 83.9 Å². The first kappa shape index (κ1) is 20.2. The Kier molecular flexibility index (Phi) is 6.19. The van der Waals surface area contributed by atoms with Crippen molar-refractivity contribution < 1.29 is 9.18 Å². The molecule has 0 aliphatic carbocycles. The Bertz CT molecular complexity index is 1020. The topological polar surface area (TPSA) is 45.2 Å². The molecule has 2 heterocycles. The standard InChI is InChI=1S/C25H26FN3O/c1-18-5-2-9-24(27-18)17-29-14-4-7-21(16-29)25(30)28-23-8-3-6-20(15-23)19-10-12-22(26)13-11-19/h2-3,5-6,8-13,15,21H,4,7,14,16-17H2,1H3,(H,28,30)/t21-/m0/s1. The highest BCUT2D eigenvalue weighted by molar-refractivity contribution is 5.93. The second kappa shape index (κ2) is 9.18. The number of hydrogen-bond acceptors (Lipinski definition) is 3. The Morgan fingerprint density at radius 2 is 1.90 bits per heavy atom. The van der Waals surface area contributed by atoms with Crippen LogP contribution in [-0.4, -0.2) is 28.9 Å². The van der Waals surface area contributed by atoms with Crippen LogP contribution in [0.5, 0.6) is 0 Å². The fourth-order valence-electron chi connectivity index (χ4n) is 3.99. The van der Waals surface area contributed by atoms with Gasteiger partial charge in [0.05, 0.1) is 11.6 Å². The maximum atomic E-state index is 13.2. The number of hydrogen-bond donors (Lipinski definition) is 1. The van der Waals surface area contributed by atoms with Gasteiger partial charge in [-0.2, -0.15) is 0 Å². The SMILES string of the molecule is Cc1cccc(CN2CCC[C@H](C(=O)Nc3cccc(-c4ccc(F)cc4)c3)C2)n1. The summed E-state index contributed by atoms with van der Waals surface area (Å²) in [5.74, 6) is -0.253. The molecule has 1 atom stereocenters. The van der Waals surface area contributed by atoms with Gasteiger partial charge >= 0.3 is 0 Å². The van der Waals surface area contributed by atoms with E-state index in [4.69, 9.17) is 0 Å². The molecule has 30 heavy (non-hydrogen) atoms. The number of pyridine rings is 1. The normalized spacial score (nSPS) is 16.9. The zero-order valence-corrected chi connectivity index (χ0v) is 17.1. The number of likely N-dealkylation sites (tertiary alicyclic amines) is 1. The second-order valence-electron chi connectivity index (χ2n) is 7.92. The lowest BCUT2D eigenvalue weighted by atomic mass is 9.96. The number of aromatic nitrogens is 1. The van der Waals surface area contributed by atoms with Gasteiger partial charge in [-0.25, -0.2) is 4.39 Å². The van der Waals surface area contributed by atoms with Gasteiger partial charge in [-0.05, 0) is 73.8 Å². The average molecular weight is 404 g/mol. The van der Waals surface area contributed by atoms with Crippen LogP contribution in [-0.2, 0) is 11.3 Å². The zero-order chi connectivity index (χ0) is 20.9. The van der Waals surface area contributed by atoms with E-state index >= 15 is 0 Å². The fourth-order valence-corrected chi connectivity index (χ4v) is 3.99. The minimum atomic E-state index is -0.258. The summed E-state index contributed by atoms with van der Waals surface area (Å²) < 4.78 is 13.2. The lowest BCUT2D eigenvalue weighted by Crippen LogP contribution is -2.40. The number of benzene rings is 2. The molecule has 0 saturated carbocycles. The van der Waals surface area contributed by atoms with E-state index in [1.54, 1.807) is 12.1 Å². The minimum absolute atomic E-state index is 0.0435. The lowest BCUT2D eigenvalue weighted by Gasteiger charge is -2.31. The minimum Gasteiger partial charge on any atom is -0.326 e. The Balaban J connectivity index is 1.39. The van der Waals surface area contributed by atoms with E-state index in [1.165, 1.54) is 12.1 Å². The molecule has 1 saturated heterocycles. The van der Waals surface area contributed by atoms with E-state index in [0.29, 0.717) is 0 Å². The van der Waals surface area contributed by atoms with Crippen LogP contribution in [0.1, 0.15) is 24.2 Å². The van der Waals surface area contributed by atoms with E-state index < -0.39 is 0 Å². The van der Waals surface area contributed by atoms with Crippen LogP contribution in [0.2, 0.25) is 0 Å². The number of nitrogens with zero attached hydrogens (tertiary/aromatic N) is 2. The van der Waals surface area contributed by atoms with Crippen LogP contribution in [0.25, 0.3) is 11.1 Å². The van der Waals surface area contributed by atoms with Crippen molar-refractivity contribution in [2.45, 2.75) is 26.3 Å². The van der Waals surface area contributed by atoms with E-state index in [1.807, 2.05) is 49.4 Å². The Labute approximate surface area is 176 Å². The summed E-state index contributed by atoms with van der Waals surface area (Å²) >= 11 is 0. The second-order valence-corrected chi connectivity index (χ2v) is 7.92. The van der Waals surface area contributed by atoms with Gasteiger partial charge < -0.3 is 5.32 Å². The number of piperidine rings is 1. The molecule has 4 nitrogen and oxygen atoms in total. The molecule has 0 spiro atoms. The highest BCUT2D eigenvalue weighted by Crippen LogP contribution is 2.25. The molecule has 0 unspecified atom stereocenters. The monoisotopic (exact) mass is 403 g/mol. The summed E-state index contributed by atoms with van der Waals surface area (Å²) in [4.78, 5) is 19.8. The molecule has 1 N–H and O–H groups in total. The number of halogens is 1. The summed E-state index contributed by atoms with van der Waals surface area (Å²) in [6, 6.07) is 20.1. The van der Waals surface area contributed by atoms with E-state index in [0.717, 1.165) is 60.7 Å². The quantitative estimate of drug-likeness (QED) is 0.649. The van der Waals surface area contributed by atoms with Gasteiger partial charge in [0.1, 0.15) is 5.82 Å². The van der Waals surface area contributed by atoms with Crippen molar-refractivity contribution in [1.29, 1.82) is 0 Å². The predicted molar refractivity (Wildman–Crippen MR) is 117 cm³/mol. The third-order valence-corrected chi connectivity index (χ3v) is 5.52. The van der Waals surface area contributed by atoms with Crippen molar-refractivity contribution in [2.24, 2.45) is 5.92 Å². The molecule has 1 aliphatic rings. The molecule has 154 valence electrons. The molecule has 0 radical (unpaired) electrons. The number of carbonyl (C=O) groups excluding carboxylic acids is 1. The number of amides is 1. The summed E-state index contributed by atoms with van der Waals surface area (Å²) in [7, 11) is 0. The summed E-state index contributed by atoms with van der Waals surface area (Å²) in [6.07, 6.45) is 1.89. The predicted octanol–water partition coefficient (Wildman–Crippen LogP) is 5.05. The zero-order valence-electron chi connectivity index (χ0n) is 17.1. The molecular weight excluding hydrogens is 377 g/mol. The van der Waals surface area contributed by atoms with E-state index in [2.05, 4.69) is 15.2 Å². The molecule has 1 fully saturated rings. The van der Waals surface area contributed by atoms with Crippen molar-refractivity contribution in [2.75, 3.05) is 18.4 Å². The van der Waals surface area contributed by atoms with Crippen LogP contribution in [0, 0.1) is 18.7 Å². The number of carbonyl (C=O) groups is 1. The largest absolute Gasteiger partial charge is 0.326 e. The molecule has 1 aliphatic heterocycles. The van der Waals surface area contributed by atoms with Crippen molar-refractivity contribution in [1.82, 2.24) is 9.88 Å². The fraction of sp³-hybridized carbons (Fsp3) is 0.280. The van der Waals surface area contributed by atoms with Gasteiger partial charge in [0.2, 0.25) is 5.91 Å². The van der Waals surface area contributed by atoms with Crippen molar-refractivity contribution in [3.8, 4) is 11.1 Å². The van der Waals surface area contributed by atoms with Gasteiger partial charge in [0.25, 0.3) is 0 Å². The first-order valence-corrected chi connectivity index (χ1v) is 10.4. The molecule has 5 heteroatoms. The highest BCUT2D eigenvalue weighted by atomic mass is 19.1. The van der Waals surface area contributed by atoms with Crippen LogP contribution in [0.3, 0.4) is 0 Å². The molecule has 0 bridgehead atoms. The van der Waals surface area contributed by atoms with Crippen LogP contribution < -0.4 is 5.32 Å². The number of rotatable bonds is 5. The first-order valence-electron chi connectivity index (χ1n) is 10.4. The summed E-state index contributed by atoms with van der Waals surface area (Å²) in [5, 5.41) is 3.07. The Hall–Kier alpha value is -3.05. The maximum absolute atomic E-state index is 13.2. The maximum Gasteiger partial charge on any atom is 0.228 e. The summed E-state index contributed by atoms with van der Waals surface area (Å²) in [6.45, 7) is 4.49. The van der Waals surface area contributed by atoms with Gasteiger partial charge in [-0.3, -0.25) is 14.7 Å². The van der Waals surface area contributed by atoms with Crippen LogP contribution in [0.15, 0.2) is 66.7 Å². The third kappa shape index (κ3) is 5.10. The van der Waals surface area contributed by atoms with Crippen molar-refractivity contribution in [3.63, 3.8) is 0 Å². The molecule has 1 amide bonds. The Morgan fingerprint density at radius 3 is 2.70 bits per heavy atom. The van der Waals surface area contributed by atoms with E-state index in [9.17, 15) is 9.18 Å². The molecule has 1 aromatic heterocycles. The third-order valence-electron chi connectivity index (χ3n) is 5.52. The number of nitrogens with one attached hydrogen (secondary N) is 1. The number of anilines is 1. The smallest absolute Gasteiger partial charge is 0.228 e. The molecular formula is C25H26FN3O. The Morgan fingerprint density at radius 1 is 1.10 bits per heavy atom. The number of aryl methyl sites for hydroxylation is 1. The summed E-state index contributed by atoms with van der Waals surface area (Å²) in [5.41, 5.74) is 4.69. The van der Waals surface area contributed by atoms with E-state index in [-0.39, 0.29) is 17.6 Å². The highest BCUT2D eigenvalue weighted by Gasteiger charge is 2.26. The molecule has 4 rings (SSSR count). The molecule has 2 aromatic carbocycles.